The zero-order chi connectivity index (χ0) is 19.5. The van der Waals surface area contributed by atoms with Crippen molar-refractivity contribution >= 4 is 51.8 Å². The Morgan fingerprint density at radius 3 is 2.35 bits per heavy atom. The molecule has 3 rings (SSSR count). The summed E-state index contributed by atoms with van der Waals surface area (Å²) in [6, 6.07) is 0.940. The molecule has 1 aromatic carbocycles. The quantitative estimate of drug-likeness (QED) is 0.458. The first kappa shape index (κ1) is 18.0. The third kappa shape index (κ3) is 2.31. The molecule has 0 radical (unpaired) electrons. The molecule has 0 aromatic heterocycles. The van der Waals surface area contributed by atoms with Gasteiger partial charge in [0.05, 0.1) is 36.9 Å². The monoisotopic (exact) mass is 397 g/mol. The number of nitro benzene ring substituents is 2. The number of aliphatic imine (C=N–C) groups is 1. The number of Topliss-reactive ketones (excluding diaryl/α,β-unsaturated/α-hetero) is 1. The summed E-state index contributed by atoms with van der Waals surface area (Å²) in [6.07, 6.45) is 1.25. The van der Waals surface area contributed by atoms with Crippen molar-refractivity contribution in [1.82, 2.24) is 0 Å². The number of carbonyl (C=O) groups is 1. The summed E-state index contributed by atoms with van der Waals surface area (Å²) < 4.78 is 0. The zero-order valence-electron chi connectivity index (χ0n) is 13.2. The lowest BCUT2D eigenvalue weighted by Gasteiger charge is -2.35. The van der Waals surface area contributed by atoms with Gasteiger partial charge in [-0.05, 0) is 6.08 Å². The average molecular weight is 398 g/mol. The predicted octanol–water partition coefficient (Wildman–Crippen LogP) is 3.77. The van der Waals surface area contributed by atoms with Gasteiger partial charge in [-0.15, -0.1) is 0 Å². The van der Waals surface area contributed by atoms with Crippen molar-refractivity contribution in [3.63, 3.8) is 0 Å². The fourth-order valence-corrected chi connectivity index (χ4v) is 3.86. The number of hydrogen-bond acceptors (Lipinski definition) is 7. The van der Waals surface area contributed by atoms with E-state index >= 15 is 0 Å². The molecule has 2 aliphatic rings. The Hall–Kier alpha value is -2.78. The van der Waals surface area contributed by atoms with Gasteiger partial charge in [-0.3, -0.25) is 25.0 Å². The number of aromatic hydroxyl groups is 1. The summed E-state index contributed by atoms with van der Waals surface area (Å²) in [7, 11) is 0. The van der Waals surface area contributed by atoms with Gasteiger partial charge in [-0.1, -0.05) is 37.0 Å². The molecule has 0 saturated heterocycles. The number of phenolic OH excluding ortho intramolecular Hbond substituents is 1. The highest BCUT2D eigenvalue weighted by Crippen LogP contribution is 2.54. The molecule has 0 unspecified atom stereocenters. The smallest absolute Gasteiger partial charge is 0.324 e. The lowest BCUT2D eigenvalue weighted by atomic mass is 9.70. The van der Waals surface area contributed by atoms with E-state index < -0.39 is 38.2 Å². The third-order valence-electron chi connectivity index (χ3n) is 4.26. The highest BCUT2D eigenvalue weighted by molar-refractivity contribution is 6.58. The number of nitro groups is 2. The van der Waals surface area contributed by atoms with Crippen molar-refractivity contribution in [1.29, 1.82) is 0 Å². The molecule has 0 bridgehead atoms. The molecule has 0 saturated carbocycles. The molecule has 1 aliphatic carbocycles. The van der Waals surface area contributed by atoms with E-state index in [1.54, 1.807) is 0 Å². The summed E-state index contributed by atoms with van der Waals surface area (Å²) in [5.41, 5.74) is -2.75. The molecule has 0 atom stereocenters. The Labute approximate surface area is 155 Å². The van der Waals surface area contributed by atoms with E-state index in [9.17, 15) is 30.1 Å². The Morgan fingerprint density at radius 2 is 1.81 bits per heavy atom. The Bertz CT molecular complexity index is 1020. The van der Waals surface area contributed by atoms with Gasteiger partial charge in [0.25, 0.3) is 5.75 Å². The number of ketones is 1. The first-order valence-electron chi connectivity index (χ1n) is 7.09. The molecule has 0 spiro atoms. The predicted molar refractivity (Wildman–Crippen MR) is 93.4 cm³/mol. The number of fused-ring (bicyclic) bond motifs is 2. The summed E-state index contributed by atoms with van der Waals surface area (Å²) in [5.74, 6) is -1.74. The van der Waals surface area contributed by atoms with Crippen LogP contribution in [0, 0.1) is 20.2 Å². The van der Waals surface area contributed by atoms with Crippen molar-refractivity contribution in [2.45, 2.75) is 19.3 Å². The van der Waals surface area contributed by atoms with E-state index in [1.807, 2.05) is 0 Å². The van der Waals surface area contributed by atoms with E-state index in [4.69, 9.17) is 23.2 Å². The van der Waals surface area contributed by atoms with Crippen LogP contribution in [0.4, 0.5) is 17.1 Å². The average Bonchev–Trinajstić information content (AvgIpc) is 2.51. The molecule has 1 N–H and O–H groups in total. The maximum Gasteiger partial charge on any atom is 0.324 e. The molecule has 134 valence electrons. The molecule has 26 heavy (non-hydrogen) atoms. The van der Waals surface area contributed by atoms with Crippen LogP contribution in [0.3, 0.4) is 0 Å². The van der Waals surface area contributed by atoms with Crippen LogP contribution in [-0.2, 0) is 10.2 Å². The number of phenols is 1. The van der Waals surface area contributed by atoms with Crippen LogP contribution in [0.15, 0.2) is 32.8 Å². The van der Waals surface area contributed by atoms with E-state index in [0.717, 1.165) is 6.07 Å². The lowest BCUT2D eigenvalue weighted by molar-refractivity contribution is -0.396. The van der Waals surface area contributed by atoms with Crippen LogP contribution >= 0.6 is 23.2 Å². The van der Waals surface area contributed by atoms with Crippen molar-refractivity contribution < 1.29 is 19.7 Å². The van der Waals surface area contributed by atoms with Crippen LogP contribution in [0.5, 0.6) is 5.75 Å². The fraction of sp³-hybridized carbons (Fsp3) is 0.200. The van der Waals surface area contributed by atoms with Gasteiger partial charge in [0.2, 0.25) is 5.78 Å². The second-order valence-electron chi connectivity index (χ2n) is 6.13. The summed E-state index contributed by atoms with van der Waals surface area (Å²) in [4.78, 5) is 37.1. The van der Waals surface area contributed by atoms with Crippen LogP contribution in [0.25, 0.3) is 0 Å². The first-order chi connectivity index (χ1) is 12.0. The molecule has 1 heterocycles. The van der Waals surface area contributed by atoms with Gasteiger partial charge >= 0.3 is 11.4 Å². The van der Waals surface area contributed by atoms with E-state index in [0.29, 0.717) is 0 Å². The molecule has 1 aromatic rings. The SMILES string of the molecule is CC1(C)C2=C(Cl)C(=O)C(Cl)=CC2=Nc2cc([N+](=O)[O-])c(O)c([N+](=O)[O-])c21. The van der Waals surface area contributed by atoms with E-state index in [2.05, 4.69) is 4.99 Å². The Balaban J connectivity index is 2.50. The summed E-state index contributed by atoms with van der Waals surface area (Å²) in [6.45, 7) is 3.08. The molecule has 0 fully saturated rings. The molecular weight excluding hydrogens is 389 g/mol. The zero-order valence-corrected chi connectivity index (χ0v) is 14.8. The highest BCUT2D eigenvalue weighted by Gasteiger charge is 2.47. The van der Waals surface area contributed by atoms with Gasteiger partial charge in [-0.25, -0.2) is 4.99 Å². The Kier molecular flexibility index (Phi) is 3.89. The largest absolute Gasteiger partial charge is 0.497 e. The van der Waals surface area contributed by atoms with Gasteiger partial charge in [0, 0.05) is 17.1 Å². The van der Waals surface area contributed by atoms with Gasteiger partial charge in [0.15, 0.2) is 0 Å². The first-order valence-corrected chi connectivity index (χ1v) is 7.84. The van der Waals surface area contributed by atoms with Gasteiger partial charge < -0.3 is 5.11 Å². The van der Waals surface area contributed by atoms with Crippen LogP contribution in [0.1, 0.15) is 19.4 Å². The standard InChI is InChI=1S/C15H9Cl2N3O6/c1-15(2)9-6(3-5(16)13(21)11(9)17)18-7-4-8(19(23)24)14(22)12(10(7)15)20(25)26/h3-4,22H,1-2H3. The van der Waals surface area contributed by atoms with Crippen LogP contribution in [-0.4, -0.2) is 26.4 Å². The van der Waals surface area contributed by atoms with Crippen molar-refractivity contribution in [2.75, 3.05) is 0 Å². The number of hydrogen-bond donors (Lipinski definition) is 1. The number of allylic oxidation sites excluding steroid dienone is 4. The van der Waals surface area contributed by atoms with Crippen molar-refractivity contribution in [3.8, 4) is 5.75 Å². The van der Waals surface area contributed by atoms with Crippen molar-refractivity contribution in [2.24, 2.45) is 4.99 Å². The fourth-order valence-electron chi connectivity index (χ4n) is 3.18. The number of rotatable bonds is 2. The normalized spacial score (nSPS) is 17.9. The highest BCUT2D eigenvalue weighted by atomic mass is 35.5. The molecule has 11 heteroatoms. The molecule has 1 aliphatic heterocycles. The second kappa shape index (κ2) is 5.61. The topological polar surface area (TPSA) is 136 Å². The number of carbonyl (C=O) groups excluding carboxylic acids is 1. The minimum Gasteiger partial charge on any atom is -0.497 e. The van der Waals surface area contributed by atoms with Crippen LogP contribution < -0.4 is 0 Å². The van der Waals surface area contributed by atoms with E-state index in [1.165, 1.54) is 19.9 Å². The Morgan fingerprint density at radius 1 is 1.19 bits per heavy atom. The minimum absolute atomic E-state index is 0.0792. The minimum atomic E-state index is -1.25. The number of nitrogens with zero attached hydrogens (tertiary/aromatic N) is 3. The lowest BCUT2D eigenvalue weighted by Crippen LogP contribution is -2.33. The van der Waals surface area contributed by atoms with Gasteiger partial charge in [0.1, 0.15) is 0 Å². The van der Waals surface area contributed by atoms with Crippen molar-refractivity contribution in [3.05, 3.63) is 53.6 Å². The van der Waals surface area contributed by atoms with Gasteiger partial charge in [-0.2, -0.15) is 0 Å². The number of halogens is 2. The molecular formula is C15H9Cl2N3O6. The maximum atomic E-state index is 12.1. The van der Waals surface area contributed by atoms with E-state index in [-0.39, 0.29) is 32.6 Å². The second-order valence-corrected chi connectivity index (χ2v) is 6.92. The summed E-state index contributed by atoms with van der Waals surface area (Å²) >= 11 is 12.0. The molecule has 9 nitrogen and oxygen atoms in total. The molecule has 0 amide bonds. The maximum absolute atomic E-state index is 12.1. The van der Waals surface area contributed by atoms with Crippen LogP contribution in [0.2, 0.25) is 0 Å². The third-order valence-corrected chi connectivity index (χ3v) is 4.90. The number of benzene rings is 1. The summed E-state index contributed by atoms with van der Waals surface area (Å²) in [5, 5.41) is 32.3.